The van der Waals surface area contributed by atoms with Crippen LogP contribution in [0.5, 0.6) is 0 Å². The topological polar surface area (TPSA) is 65.2 Å². The molecule has 2 heterocycles. The van der Waals surface area contributed by atoms with E-state index in [1.54, 1.807) is 11.0 Å². The van der Waals surface area contributed by atoms with Gasteiger partial charge in [0.15, 0.2) is 0 Å². The first-order valence-corrected chi connectivity index (χ1v) is 5.71. The van der Waals surface area contributed by atoms with Crippen molar-refractivity contribution in [2.24, 2.45) is 0 Å². The lowest BCUT2D eigenvalue weighted by molar-refractivity contribution is 0.0652. The molecule has 1 amide bonds. The van der Waals surface area contributed by atoms with Gasteiger partial charge in [0, 0.05) is 43.0 Å². The van der Waals surface area contributed by atoms with Gasteiger partial charge in [-0.1, -0.05) is 0 Å². The molecular weight excluding hydrogens is 218 g/mol. The zero-order valence-corrected chi connectivity index (χ0v) is 10.1. The molecule has 0 unspecified atom stereocenters. The van der Waals surface area contributed by atoms with Gasteiger partial charge in [0.25, 0.3) is 5.91 Å². The molecule has 0 radical (unpaired) electrons. The van der Waals surface area contributed by atoms with Gasteiger partial charge in [0.05, 0.1) is 0 Å². The minimum atomic E-state index is -0.245. The summed E-state index contributed by atoms with van der Waals surface area (Å²) in [4.78, 5) is 27.6. The highest BCUT2D eigenvalue weighted by molar-refractivity contribution is 5.94. The van der Waals surface area contributed by atoms with E-state index in [2.05, 4.69) is 24.1 Å². The first-order chi connectivity index (χ1) is 7.98. The monoisotopic (exact) mass is 235 g/mol. The van der Waals surface area contributed by atoms with Gasteiger partial charge in [-0.05, 0) is 19.9 Å². The van der Waals surface area contributed by atoms with E-state index in [4.69, 9.17) is 0 Å². The van der Waals surface area contributed by atoms with Crippen LogP contribution in [0, 0.1) is 0 Å². The summed E-state index contributed by atoms with van der Waals surface area (Å²) in [6.45, 7) is 6.23. The normalized spacial score (nSPS) is 19.1. The van der Waals surface area contributed by atoms with Crippen LogP contribution in [0.1, 0.15) is 24.2 Å². The van der Waals surface area contributed by atoms with Crippen LogP contribution in [-0.4, -0.2) is 41.0 Å². The van der Waals surface area contributed by atoms with Crippen LogP contribution in [-0.2, 0) is 0 Å². The molecule has 1 fully saturated rings. The maximum atomic E-state index is 12.2. The van der Waals surface area contributed by atoms with E-state index < -0.39 is 0 Å². The summed E-state index contributed by atoms with van der Waals surface area (Å²) in [7, 11) is 0. The van der Waals surface area contributed by atoms with Crippen molar-refractivity contribution >= 4 is 5.91 Å². The van der Waals surface area contributed by atoms with E-state index in [1.165, 1.54) is 12.3 Å². The SMILES string of the molecule is CC1(C)CN(C(=O)c2cc[nH]c(=O)c2)CCN1. The summed E-state index contributed by atoms with van der Waals surface area (Å²) in [5.41, 5.74) is 0.131. The lowest BCUT2D eigenvalue weighted by Crippen LogP contribution is -2.58. The fraction of sp³-hybridized carbons (Fsp3) is 0.500. The molecule has 2 N–H and O–H groups in total. The molecule has 0 bridgehead atoms. The number of nitrogens with zero attached hydrogens (tertiary/aromatic N) is 1. The zero-order chi connectivity index (χ0) is 12.5. The lowest BCUT2D eigenvalue weighted by Gasteiger charge is -2.39. The maximum absolute atomic E-state index is 12.2. The van der Waals surface area contributed by atoms with Gasteiger partial charge < -0.3 is 15.2 Å². The van der Waals surface area contributed by atoms with Crippen molar-refractivity contribution in [1.29, 1.82) is 0 Å². The molecule has 1 aliphatic heterocycles. The second-order valence-corrected chi connectivity index (χ2v) is 4.98. The Morgan fingerprint density at radius 3 is 2.88 bits per heavy atom. The zero-order valence-electron chi connectivity index (χ0n) is 10.1. The first-order valence-electron chi connectivity index (χ1n) is 5.71. The van der Waals surface area contributed by atoms with Crippen molar-refractivity contribution in [3.05, 3.63) is 34.2 Å². The standard InChI is InChI=1S/C12H17N3O2/c1-12(2)8-15(6-5-14-12)11(17)9-3-4-13-10(16)7-9/h3-4,7,14H,5-6,8H2,1-2H3,(H,13,16). The Kier molecular flexibility index (Phi) is 3.02. The number of carbonyl (C=O) groups is 1. The molecule has 1 saturated heterocycles. The number of pyridine rings is 1. The number of hydrogen-bond donors (Lipinski definition) is 2. The number of rotatable bonds is 1. The largest absolute Gasteiger partial charge is 0.336 e. The van der Waals surface area contributed by atoms with Crippen molar-refractivity contribution in [3.63, 3.8) is 0 Å². The van der Waals surface area contributed by atoms with Gasteiger partial charge in [-0.3, -0.25) is 9.59 Å². The molecule has 1 aromatic heterocycles. The predicted octanol–water partition coefficient (Wildman–Crippen LogP) is 0.199. The highest BCUT2D eigenvalue weighted by Crippen LogP contribution is 2.12. The molecule has 92 valence electrons. The molecule has 0 atom stereocenters. The summed E-state index contributed by atoms with van der Waals surface area (Å²) < 4.78 is 0. The fourth-order valence-corrected chi connectivity index (χ4v) is 2.07. The number of piperazine rings is 1. The van der Waals surface area contributed by atoms with E-state index >= 15 is 0 Å². The number of amides is 1. The Morgan fingerprint density at radius 1 is 1.47 bits per heavy atom. The molecule has 17 heavy (non-hydrogen) atoms. The van der Waals surface area contributed by atoms with Gasteiger partial charge in [0.2, 0.25) is 5.56 Å². The molecule has 5 nitrogen and oxygen atoms in total. The third-order valence-electron chi connectivity index (χ3n) is 2.88. The first kappa shape index (κ1) is 11.9. The number of hydrogen-bond acceptors (Lipinski definition) is 3. The molecular formula is C12H17N3O2. The number of nitrogens with one attached hydrogen (secondary N) is 2. The highest BCUT2D eigenvalue weighted by atomic mass is 16.2. The van der Waals surface area contributed by atoms with Crippen molar-refractivity contribution in [3.8, 4) is 0 Å². The van der Waals surface area contributed by atoms with Gasteiger partial charge in [-0.2, -0.15) is 0 Å². The van der Waals surface area contributed by atoms with Crippen molar-refractivity contribution in [2.75, 3.05) is 19.6 Å². The Bertz CT molecular complexity index is 479. The van der Waals surface area contributed by atoms with Crippen molar-refractivity contribution in [2.45, 2.75) is 19.4 Å². The van der Waals surface area contributed by atoms with Crippen LogP contribution in [0.2, 0.25) is 0 Å². The van der Waals surface area contributed by atoms with E-state index in [0.717, 1.165) is 6.54 Å². The molecule has 0 aromatic carbocycles. The average molecular weight is 235 g/mol. The minimum Gasteiger partial charge on any atom is -0.336 e. The van der Waals surface area contributed by atoms with Crippen LogP contribution in [0.15, 0.2) is 23.1 Å². The second kappa shape index (κ2) is 4.33. The molecule has 2 rings (SSSR count). The van der Waals surface area contributed by atoms with Crippen molar-refractivity contribution in [1.82, 2.24) is 15.2 Å². The van der Waals surface area contributed by atoms with Crippen LogP contribution < -0.4 is 10.9 Å². The summed E-state index contributed by atoms with van der Waals surface area (Å²) in [6.07, 6.45) is 1.50. The van der Waals surface area contributed by atoms with Gasteiger partial charge >= 0.3 is 0 Å². The molecule has 1 aliphatic rings. The van der Waals surface area contributed by atoms with E-state index in [1.807, 2.05) is 0 Å². The third kappa shape index (κ3) is 2.74. The maximum Gasteiger partial charge on any atom is 0.254 e. The van der Waals surface area contributed by atoms with Gasteiger partial charge in [0.1, 0.15) is 0 Å². The molecule has 1 aromatic rings. The number of aromatic nitrogens is 1. The molecule has 0 spiro atoms. The summed E-state index contributed by atoms with van der Waals surface area (Å²) in [5, 5.41) is 3.34. The Hall–Kier alpha value is -1.62. The molecule has 5 heteroatoms. The third-order valence-corrected chi connectivity index (χ3v) is 2.88. The van der Waals surface area contributed by atoms with E-state index in [9.17, 15) is 9.59 Å². The molecule has 0 aliphatic carbocycles. The van der Waals surface area contributed by atoms with E-state index in [0.29, 0.717) is 18.7 Å². The van der Waals surface area contributed by atoms with E-state index in [-0.39, 0.29) is 17.0 Å². The predicted molar refractivity (Wildman–Crippen MR) is 65.0 cm³/mol. The van der Waals surface area contributed by atoms with Crippen LogP contribution >= 0.6 is 0 Å². The van der Waals surface area contributed by atoms with Crippen molar-refractivity contribution < 1.29 is 4.79 Å². The quantitative estimate of drug-likeness (QED) is 0.730. The second-order valence-electron chi connectivity index (χ2n) is 4.98. The van der Waals surface area contributed by atoms with Crippen LogP contribution in [0.3, 0.4) is 0 Å². The van der Waals surface area contributed by atoms with Gasteiger partial charge in [-0.15, -0.1) is 0 Å². The molecule has 0 saturated carbocycles. The minimum absolute atomic E-state index is 0.0743. The number of carbonyl (C=O) groups excluding carboxylic acids is 1. The number of H-pyrrole nitrogens is 1. The summed E-state index contributed by atoms with van der Waals surface area (Å²) in [5.74, 6) is -0.0781. The average Bonchev–Trinajstić information content (AvgIpc) is 2.26. The summed E-state index contributed by atoms with van der Waals surface area (Å²) >= 11 is 0. The summed E-state index contributed by atoms with van der Waals surface area (Å²) in [6, 6.07) is 2.98. The van der Waals surface area contributed by atoms with Crippen LogP contribution in [0.4, 0.5) is 0 Å². The Morgan fingerprint density at radius 2 is 2.24 bits per heavy atom. The lowest BCUT2D eigenvalue weighted by atomic mass is 10.0. The van der Waals surface area contributed by atoms with Gasteiger partial charge in [-0.25, -0.2) is 0 Å². The number of aromatic amines is 1. The Labute approximate surface area is 99.8 Å². The highest BCUT2D eigenvalue weighted by Gasteiger charge is 2.29. The Balaban J connectivity index is 2.18. The van der Waals surface area contributed by atoms with Crippen LogP contribution in [0.25, 0.3) is 0 Å². The smallest absolute Gasteiger partial charge is 0.254 e. The fourth-order valence-electron chi connectivity index (χ4n) is 2.07.